The topological polar surface area (TPSA) is 75.4 Å². The third kappa shape index (κ3) is 2.34. The maximum absolute atomic E-state index is 12.7. The Morgan fingerprint density at radius 2 is 2.23 bits per heavy atom. The van der Waals surface area contributed by atoms with E-state index in [1.807, 2.05) is 6.92 Å². The van der Waals surface area contributed by atoms with E-state index in [1.54, 1.807) is 18.9 Å². The van der Waals surface area contributed by atoms with Crippen molar-refractivity contribution in [3.63, 3.8) is 0 Å². The van der Waals surface area contributed by atoms with Gasteiger partial charge in [-0.3, -0.25) is 9.59 Å². The molecule has 2 aromatic rings. The summed E-state index contributed by atoms with van der Waals surface area (Å²) >= 11 is 1.25. The summed E-state index contributed by atoms with van der Waals surface area (Å²) in [5.74, 6) is 0.0926. The van der Waals surface area contributed by atoms with Gasteiger partial charge in [-0.25, -0.2) is 4.98 Å². The van der Waals surface area contributed by atoms with Gasteiger partial charge in [-0.2, -0.15) is 0 Å². The van der Waals surface area contributed by atoms with E-state index in [2.05, 4.69) is 4.98 Å². The van der Waals surface area contributed by atoms with Gasteiger partial charge in [0.1, 0.15) is 4.83 Å². The summed E-state index contributed by atoms with van der Waals surface area (Å²) in [5.41, 5.74) is 0.553. The van der Waals surface area contributed by atoms with E-state index in [9.17, 15) is 14.7 Å². The van der Waals surface area contributed by atoms with Gasteiger partial charge in [0.05, 0.1) is 22.7 Å². The van der Waals surface area contributed by atoms with Gasteiger partial charge in [-0.1, -0.05) is 6.92 Å². The number of aromatic nitrogens is 2. The number of aliphatic hydroxyl groups excluding tert-OH is 1. The number of amides is 1. The molecule has 0 bridgehead atoms. The first-order valence-corrected chi connectivity index (χ1v) is 8.14. The van der Waals surface area contributed by atoms with Crippen LogP contribution < -0.4 is 5.56 Å². The first-order valence-electron chi connectivity index (χ1n) is 7.32. The first kappa shape index (κ1) is 15.2. The highest BCUT2D eigenvalue weighted by molar-refractivity contribution is 7.20. The zero-order chi connectivity index (χ0) is 16.0. The second-order valence-electron chi connectivity index (χ2n) is 5.98. The third-order valence-corrected chi connectivity index (χ3v) is 5.60. The number of rotatable bonds is 1. The molecule has 0 radical (unpaired) electrons. The number of piperidine rings is 1. The number of β-amino-alcohol motifs (C(OH)–C–C–N with tert-alkyl or cyclic N) is 1. The van der Waals surface area contributed by atoms with E-state index in [-0.39, 0.29) is 17.4 Å². The molecule has 118 valence electrons. The Morgan fingerprint density at radius 3 is 2.91 bits per heavy atom. The molecule has 0 saturated carbocycles. The van der Waals surface area contributed by atoms with Crippen LogP contribution in [0.4, 0.5) is 0 Å². The van der Waals surface area contributed by atoms with Crippen molar-refractivity contribution in [3.8, 4) is 0 Å². The van der Waals surface area contributed by atoms with Crippen molar-refractivity contribution < 1.29 is 9.90 Å². The van der Waals surface area contributed by atoms with Crippen LogP contribution in [-0.4, -0.2) is 44.7 Å². The molecule has 7 heteroatoms. The maximum Gasteiger partial charge on any atom is 0.264 e. The summed E-state index contributed by atoms with van der Waals surface area (Å²) in [6.07, 6.45) is 1.77. The first-order chi connectivity index (χ1) is 10.4. The highest BCUT2D eigenvalue weighted by Gasteiger charge is 2.30. The SMILES string of the molecule is Cc1c(C(=O)N2CCC(C)C(O)C2)sc2ncn(C)c(=O)c12. The van der Waals surface area contributed by atoms with Crippen molar-refractivity contribution in [2.24, 2.45) is 13.0 Å². The average molecular weight is 321 g/mol. The number of likely N-dealkylation sites (tertiary alicyclic amines) is 1. The molecule has 2 unspecified atom stereocenters. The molecular formula is C15H19N3O3S. The molecule has 1 saturated heterocycles. The Labute approximate surface area is 132 Å². The van der Waals surface area contributed by atoms with Gasteiger partial charge in [-0.05, 0) is 24.8 Å². The number of hydrogen-bond acceptors (Lipinski definition) is 5. The van der Waals surface area contributed by atoms with Gasteiger partial charge in [0.25, 0.3) is 11.5 Å². The second kappa shape index (κ2) is 5.48. The standard InChI is InChI=1S/C15H19N3O3S/c1-8-4-5-18(6-10(8)19)15(21)12-9(2)11-13(22-12)16-7-17(3)14(11)20/h7-8,10,19H,4-6H2,1-3H3. The molecular weight excluding hydrogens is 302 g/mol. The summed E-state index contributed by atoms with van der Waals surface area (Å²) < 4.78 is 1.42. The fourth-order valence-electron chi connectivity index (χ4n) is 2.79. The molecule has 0 aliphatic carbocycles. The number of aliphatic hydroxyl groups is 1. The quantitative estimate of drug-likeness (QED) is 0.855. The number of aryl methyl sites for hydroxylation is 2. The molecule has 1 amide bonds. The third-order valence-electron chi connectivity index (χ3n) is 4.41. The van der Waals surface area contributed by atoms with E-state index >= 15 is 0 Å². The van der Waals surface area contributed by atoms with Crippen LogP contribution in [0.2, 0.25) is 0 Å². The average Bonchev–Trinajstić information content (AvgIpc) is 2.83. The number of carbonyl (C=O) groups excluding carboxylic acids is 1. The van der Waals surface area contributed by atoms with Crippen LogP contribution in [-0.2, 0) is 7.05 Å². The lowest BCUT2D eigenvalue weighted by Crippen LogP contribution is -2.45. The predicted octanol–water partition coefficient (Wildman–Crippen LogP) is 1.15. The Bertz CT molecular complexity index is 795. The summed E-state index contributed by atoms with van der Waals surface area (Å²) in [4.78, 5) is 32.0. The van der Waals surface area contributed by atoms with Crippen molar-refractivity contribution >= 4 is 27.5 Å². The highest BCUT2D eigenvalue weighted by atomic mass is 32.1. The van der Waals surface area contributed by atoms with E-state index < -0.39 is 6.10 Å². The lowest BCUT2D eigenvalue weighted by Gasteiger charge is -2.34. The van der Waals surface area contributed by atoms with Gasteiger partial charge in [0.15, 0.2) is 0 Å². The predicted molar refractivity (Wildman–Crippen MR) is 85.3 cm³/mol. The minimum atomic E-state index is -0.488. The number of carbonyl (C=O) groups is 1. The van der Waals surface area contributed by atoms with Crippen LogP contribution in [0.15, 0.2) is 11.1 Å². The summed E-state index contributed by atoms with van der Waals surface area (Å²) in [6, 6.07) is 0. The molecule has 1 aliphatic rings. The fourth-order valence-corrected chi connectivity index (χ4v) is 3.90. The molecule has 6 nitrogen and oxygen atoms in total. The van der Waals surface area contributed by atoms with Crippen molar-refractivity contribution in [3.05, 3.63) is 27.1 Å². The van der Waals surface area contributed by atoms with Gasteiger partial charge in [-0.15, -0.1) is 11.3 Å². The Morgan fingerprint density at radius 1 is 1.50 bits per heavy atom. The van der Waals surface area contributed by atoms with Crippen LogP contribution in [0, 0.1) is 12.8 Å². The second-order valence-corrected chi connectivity index (χ2v) is 6.98. The zero-order valence-electron chi connectivity index (χ0n) is 12.9. The van der Waals surface area contributed by atoms with E-state index in [4.69, 9.17) is 0 Å². The lowest BCUT2D eigenvalue weighted by atomic mass is 9.96. The van der Waals surface area contributed by atoms with Crippen molar-refractivity contribution in [2.45, 2.75) is 26.4 Å². The lowest BCUT2D eigenvalue weighted by molar-refractivity contribution is 0.0251. The number of thiophene rings is 1. The molecule has 1 N–H and O–H groups in total. The Kier molecular flexibility index (Phi) is 3.78. The molecule has 3 rings (SSSR count). The van der Waals surface area contributed by atoms with Gasteiger partial charge in [0.2, 0.25) is 0 Å². The monoisotopic (exact) mass is 321 g/mol. The van der Waals surface area contributed by atoms with Gasteiger partial charge >= 0.3 is 0 Å². The van der Waals surface area contributed by atoms with E-state index in [1.165, 1.54) is 22.2 Å². The van der Waals surface area contributed by atoms with Crippen molar-refractivity contribution in [1.82, 2.24) is 14.5 Å². The van der Waals surface area contributed by atoms with E-state index in [0.717, 1.165) is 6.42 Å². The summed E-state index contributed by atoms with van der Waals surface area (Å²) in [5, 5.41) is 10.5. The van der Waals surface area contributed by atoms with Crippen LogP contribution in [0.5, 0.6) is 0 Å². The summed E-state index contributed by atoms with van der Waals surface area (Å²) in [7, 11) is 1.65. The van der Waals surface area contributed by atoms with Crippen LogP contribution in [0.3, 0.4) is 0 Å². The number of hydrogen-bond donors (Lipinski definition) is 1. The Balaban J connectivity index is 2.00. The van der Waals surface area contributed by atoms with Crippen LogP contribution in [0.25, 0.3) is 10.2 Å². The van der Waals surface area contributed by atoms with Crippen LogP contribution >= 0.6 is 11.3 Å². The number of fused-ring (bicyclic) bond motifs is 1. The highest BCUT2D eigenvalue weighted by Crippen LogP contribution is 2.29. The normalized spacial score (nSPS) is 22.3. The summed E-state index contributed by atoms with van der Waals surface area (Å²) in [6.45, 7) is 4.76. The molecule has 22 heavy (non-hydrogen) atoms. The molecule has 0 aromatic carbocycles. The minimum absolute atomic E-state index is 0.117. The van der Waals surface area contributed by atoms with Gasteiger partial charge in [0, 0.05) is 20.1 Å². The molecule has 1 aliphatic heterocycles. The maximum atomic E-state index is 12.7. The Hall–Kier alpha value is -1.73. The smallest absolute Gasteiger partial charge is 0.264 e. The van der Waals surface area contributed by atoms with E-state index in [0.29, 0.717) is 33.7 Å². The van der Waals surface area contributed by atoms with Crippen molar-refractivity contribution in [1.29, 1.82) is 0 Å². The molecule has 2 aromatic heterocycles. The van der Waals surface area contributed by atoms with Gasteiger partial charge < -0.3 is 14.6 Å². The fraction of sp³-hybridized carbons (Fsp3) is 0.533. The molecule has 2 atom stereocenters. The van der Waals surface area contributed by atoms with Crippen LogP contribution in [0.1, 0.15) is 28.6 Å². The zero-order valence-corrected chi connectivity index (χ0v) is 13.7. The number of nitrogens with zero attached hydrogens (tertiary/aromatic N) is 3. The van der Waals surface area contributed by atoms with Crippen molar-refractivity contribution in [2.75, 3.05) is 13.1 Å². The molecule has 0 spiro atoms. The minimum Gasteiger partial charge on any atom is -0.391 e. The molecule has 1 fully saturated rings. The largest absolute Gasteiger partial charge is 0.391 e. The molecule has 3 heterocycles.